The number of ether oxygens (including phenoxy) is 1. The molecule has 0 spiro atoms. The zero-order valence-corrected chi connectivity index (χ0v) is 12.3. The lowest BCUT2D eigenvalue weighted by Crippen LogP contribution is -2.09. The molecule has 0 saturated carbocycles. The predicted octanol–water partition coefficient (Wildman–Crippen LogP) is 2.59. The zero-order chi connectivity index (χ0) is 13.8. The Morgan fingerprint density at radius 2 is 2.26 bits per heavy atom. The summed E-state index contributed by atoms with van der Waals surface area (Å²) in [6.45, 7) is 7.84. The smallest absolute Gasteiger partial charge is 0.179 e. The lowest BCUT2D eigenvalue weighted by atomic mass is 10.3. The van der Waals surface area contributed by atoms with Crippen molar-refractivity contribution in [3.05, 3.63) is 23.1 Å². The number of aromatic nitrogens is 4. The normalized spacial score (nSPS) is 11.3. The Morgan fingerprint density at radius 1 is 1.47 bits per heavy atom. The van der Waals surface area contributed by atoms with Gasteiger partial charge < -0.3 is 9.72 Å². The minimum Gasteiger partial charge on any atom is -0.379 e. The average molecular weight is 280 g/mol. The van der Waals surface area contributed by atoms with Crippen molar-refractivity contribution in [2.24, 2.45) is 7.05 Å². The fourth-order valence-corrected chi connectivity index (χ4v) is 2.44. The van der Waals surface area contributed by atoms with Crippen LogP contribution in [0, 0.1) is 4.77 Å². The van der Waals surface area contributed by atoms with E-state index in [9.17, 15) is 0 Å². The van der Waals surface area contributed by atoms with Gasteiger partial charge in [-0.15, -0.1) is 6.58 Å². The van der Waals surface area contributed by atoms with Crippen molar-refractivity contribution in [1.29, 1.82) is 0 Å². The Labute approximate surface area is 117 Å². The molecule has 5 nitrogen and oxygen atoms in total. The van der Waals surface area contributed by atoms with Gasteiger partial charge in [0.05, 0.1) is 25.5 Å². The van der Waals surface area contributed by atoms with E-state index in [1.54, 1.807) is 0 Å². The van der Waals surface area contributed by atoms with E-state index in [0.717, 1.165) is 41.0 Å². The highest BCUT2D eigenvalue weighted by molar-refractivity contribution is 7.71. The molecule has 2 rings (SSSR count). The lowest BCUT2D eigenvalue weighted by Gasteiger charge is -2.05. The SMILES string of the molecule is C=CCCOCCn1c(=S)[nH]c2c(CC)nn(C)c21. The third-order valence-corrected chi connectivity index (χ3v) is 3.41. The first kappa shape index (κ1) is 14.0. The van der Waals surface area contributed by atoms with Gasteiger partial charge in [0, 0.05) is 7.05 Å². The molecule has 0 bridgehead atoms. The Hall–Kier alpha value is -1.40. The highest BCUT2D eigenvalue weighted by Crippen LogP contribution is 2.17. The van der Waals surface area contributed by atoms with E-state index >= 15 is 0 Å². The molecule has 104 valence electrons. The van der Waals surface area contributed by atoms with Crippen LogP contribution in [0.5, 0.6) is 0 Å². The number of rotatable bonds is 7. The maximum Gasteiger partial charge on any atom is 0.179 e. The van der Waals surface area contributed by atoms with Crippen molar-refractivity contribution in [2.75, 3.05) is 13.2 Å². The molecule has 6 heteroatoms. The van der Waals surface area contributed by atoms with Gasteiger partial charge in [-0.3, -0.25) is 9.25 Å². The summed E-state index contributed by atoms with van der Waals surface area (Å²) in [5.74, 6) is 0. The molecule has 0 aromatic carbocycles. The van der Waals surface area contributed by atoms with E-state index in [0.29, 0.717) is 13.2 Å². The van der Waals surface area contributed by atoms with Crippen molar-refractivity contribution >= 4 is 23.4 Å². The fourth-order valence-electron chi connectivity index (χ4n) is 2.16. The molecule has 1 N–H and O–H groups in total. The number of nitrogens with one attached hydrogen (secondary N) is 1. The van der Waals surface area contributed by atoms with Crippen LogP contribution in [0.4, 0.5) is 0 Å². The molecule has 0 unspecified atom stereocenters. The van der Waals surface area contributed by atoms with E-state index in [1.165, 1.54) is 0 Å². The van der Waals surface area contributed by atoms with E-state index < -0.39 is 0 Å². The summed E-state index contributed by atoms with van der Waals surface area (Å²) in [6, 6.07) is 0. The molecular weight excluding hydrogens is 260 g/mol. The molecule has 0 atom stereocenters. The van der Waals surface area contributed by atoms with E-state index in [2.05, 4.69) is 23.6 Å². The second-order valence-electron chi connectivity index (χ2n) is 4.39. The summed E-state index contributed by atoms with van der Waals surface area (Å²) in [5, 5.41) is 4.49. The molecule has 0 aliphatic rings. The van der Waals surface area contributed by atoms with Crippen molar-refractivity contribution in [2.45, 2.75) is 26.3 Å². The fraction of sp³-hybridized carbons (Fsp3) is 0.538. The van der Waals surface area contributed by atoms with Gasteiger partial charge in [0.2, 0.25) is 0 Å². The van der Waals surface area contributed by atoms with Gasteiger partial charge in [0.25, 0.3) is 0 Å². The van der Waals surface area contributed by atoms with Gasteiger partial charge in [-0.2, -0.15) is 5.10 Å². The van der Waals surface area contributed by atoms with Crippen molar-refractivity contribution in [3.8, 4) is 0 Å². The molecule has 0 amide bonds. The van der Waals surface area contributed by atoms with E-state index in [4.69, 9.17) is 17.0 Å². The van der Waals surface area contributed by atoms with Gasteiger partial charge in [-0.05, 0) is 25.1 Å². The second kappa shape index (κ2) is 6.16. The Kier molecular flexibility index (Phi) is 4.55. The van der Waals surface area contributed by atoms with Gasteiger partial charge in [0.15, 0.2) is 10.4 Å². The summed E-state index contributed by atoms with van der Waals surface area (Å²) in [5.41, 5.74) is 3.13. The highest BCUT2D eigenvalue weighted by atomic mass is 32.1. The maximum atomic E-state index is 5.54. The highest BCUT2D eigenvalue weighted by Gasteiger charge is 2.13. The quantitative estimate of drug-likeness (QED) is 0.482. The first-order chi connectivity index (χ1) is 9.19. The topological polar surface area (TPSA) is 47.8 Å². The van der Waals surface area contributed by atoms with Crippen LogP contribution in [0.2, 0.25) is 0 Å². The zero-order valence-electron chi connectivity index (χ0n) is 11.5. The van der Waals surface area contributed by atoms with Crippen LogP contribution < -0.4 is 0 Å². The number of hydrogen-bond acceptors (Lipinski definition) is 3. The van der Waals surface area contributed by atoms with Crippen LogP contribution in [0.15, 0.2) is 12.7 Å². The number of hydrogen-bond donors (Lipinski definition) is 1. The third kappa shape index (κ3) is 2.79. The number of fused-ring (bicyclic) bond motifs is 1. The summed E-state index contributed by atoms with van der Waals surface area (Å²) < 4.78 is 10.2. The second-order valence-corrected chi connectivity index (χ2v) is 4.78. The largest absolute Gasteiger partial charge is 0.379 e. The molecule has 0 fully saturated rings. The number of aryl methyl sites for hydroxylation is 2. The molecular formula is C13H20N4OS. The maximum absolute atomic E-state index is 5.54. The molecule has 0 aliphatic carbocycles. The average Bonchev–Trinajstić information content (AvgIpc) is 2.87. The third-order valence-electron chi connectivity index (χ3n) is 3.08. The molecule has 0 saturated heterocycles. The molecule has 0 aliphatic heterocycles. The summed E-state index contributed by atoms with van der Waals surface area (Å²) in [4.78, 5) is 3.24. The first-order valence-corrected chi connectivity index (χ1v) is 6.92. The van der Waals surface area contributed by atoms with Crippen LogP contribution in [0.1, 0.15) is 19.0 Å². The van der Waals surface area contributed by atoms with Crippen LogP contribution in [-0.4, -0.2) is 32.5 Å². The van der Waals surface area contributed by atoms with Gasteiger partial charge in [-0.25, -0.2) is 0 Å². The molecule has 2 heterocycles. The number of aromatic amines is 1. The molecule has 19 heavy (non-hydrogen) atoms. The predicted molar refractivity (Wildman–Crippen MR) is 78.9 cm³/mol. The number of imidazole rings is 1. The van der Waals surface area contributed by atoms with Crippen LogP contribution in [-0.2, 0) is 24.8 Å². The minimum atomic E-state index is 0.641. The standard InChI is InChI=1S/C13H20N4OS/c1-4-6-8-18-9-7-17-12-11(14-13(17)19)10(5-2)15-16(12)3/h4H,1,5-9H2,2-3H3,(H,14,19). The Bertz CT molecular complexity index is 622. The van der Waals surface area contributed by atoms with Crippen molar-refractivity contribution in [3.63, 3.8) is 0 Å². The summed E-state index contributed by atoms with van der Waals surface area (Å²) in [7, 11) is 1.94. The van der Waals surface area contributed by atoms with Crippen LogP contribution in [0.3, 0.4) is 0 Å². The first-order valence-electron chi connectivity index (χ1n) is 6.52. The van der Waals surface area contributed by atoms with Gasteiger partial charge in [-0.1, -0.05) is 13.0 Å². The van der Waals surface area contributed by atoms with E-state index in [-0.39, 0.29) is 0 Å². The van der Waals surface area contributed by atoms with Crippen LogP contribution in [0.25, 0.3) is 11.2 Å². The summed E-state index contributed by atoms with van der Waals surface area (Å²) in [6.07, 6.45) is 3.62. The van der Waals surface area contributed by atoms with Gasteiger partial charge >= 0.3 is 0 Å². The van der Waals surface area contributed by atoms with Crippen molar-refractivity contribution < 1.29 is 4.74 Å². The monoisotopic (exact) mass is 280 g/mol. The lowest BCUT2D eigenvalue weighted by molar-refractivity contribution is 0.131. The molecule has 0 radical (unpaired) electrons. The minimum absolute atomic E-state index is 0.641. The summed E-state index contributed by atoms with van der Waals surface area (Å²) >= 11 is 5.37. The van der Waals surface area contributed by atoms with Gasteiger partial charge in [0.1, 0.15) is 5.52 Å². The Balaban J connectivity index is 2.18. The number of H-pyrrole nitrogens is 1. The molecule has 2 aromatic rings. The van der Waals surface area contributed by atoms with Crippen LogP contribution >= 0.6 is 12.2 Å². The van der Waals surface area contributed by atoms with Crippen molar-refractivity contribution in [1.82, 2.24) is 19.3 Å². The Morgan fingerprint density at radius 3 is 2.95 bits per heavy atom. The van der Waals surface area contributed by atoms with E-state index in [1.807, 2.05) is 22.4 Å². The number of nitrogens with zero attached hydrogens (tertiary/aromatic N) is 3. The molecule has 2 aromatic heterocycles.